The van der Waals surface area contributed by atoms with Gasteiger partial charge in [-0.2, -0.15) is 0 Å². The summed E-state index contributed by atoms with van der Waals surface area (Å²) in [5, 5.41) is 8.12. The molecule has 0 atom stereocenters. The maximum atomic E-state index is 12.3. The zero-order valence-electron chi connectivity index (χ0n) is 15.6. The molecule has 0 radical (unpaired) electrons. The Balaban J connectivity index is 2.62. The molecule has 3 N–H and O–H groups in total. The lowest BCUT2D eigenvalue weighted by atomic mass is 10.1. The van der Waals surface area contributed by atoms with E-state index < -0.39 is 17.2 Å². The summed E-state index contributed by atoms with van der Waals surface area (Å²) in [6.07, 6.45) is -0.542. The van der Waals surface area contributed by atoms with Crippen LogP contribution in [0.3, 0.4) is 0 Å². The summed E-state index contributed by atoms with van der Waals surface area (Å²) in [6, 6.07) is 6.62. The molecule has 0 spiro atoms. The van der Waals surface area contributed by atoms with Gasteiger partial charge in [-0.15, -0.1) is 0 Å². The lowest BCUT2D eigenvalue weighted by Crippen LogP contribution is -2.52. The van der Waals surface area contributed by atoms with Gasteiger partial charge in [0.05, 0.1) is 5.54 Å². The number of benzene rings is 1. The standard InChI is InChI=1S/C18H27N3O4/c1-12(22)20-14-9-7-8-13(10-14)15(23)19-11-18(5,6)21-16(24)25-17(2,3)4/h7-10H,11H2,1-6H3,(H,19,23)(H,20,22)(H,21,24). The molecule has 0 aromatic heterocycles. The summed E-state index contributed by atoms with van der Waals surface area (Å²) >= 11 is 0. The predicted octanol–water partition coefficient (Wildman–Crippen LogP) is 2.68. The average Bonchev–Trinajstić information content (AvgIpc) is 2.41. The van der Waals surface area contributed by atoms with Gasteiger partial charge in [-0.25, -0.2) is 4.79 Å². The van der Waals surface area contributed by atoms with Crippen LogP contribution in [-0.4, -0.2) is 35.6 Å². The highest BCUT2D eigenvalue weighted by atomic mass is 16.6. The van der Waals surface area contributed by atoms with Crippen LogP contribution in [-0.2, 0) is 9.53 Å². The van der Waals surface area contributed by atoms with Crippen LogP contribution in [0.5, 0.6) is 0 Å². The monoisotopic (exact) mass is 349 g/mol. The van der Waals surface area contributed by atoms with Crippen LogP contribution in [0, 0.1) is 0 Å². The summed E-state index contributed by atoms with van der Waals surface area (Å²) in [7, 11) is 0. The molecule has 7 nitrogen and oxygen atoms in total. The molecule has 1 aromatic carbocycles. The van der Waals surface area contributed by atoms with Crippen molar-refractivity contribution in [1.82, 2.24) is 10.6 Å². The Kier molecular flexibility index (Phi) is 6.55. The third kappa shape index (κ3) is 8.19. The van der Waals surface area contributed by atoms with Crippen molar-refractivity contribution in [1.29, 1.82) is 0 Å². The molecule has 7 heteroatoms. The highest BCUT2D eigenvalue weighted by Gasteiger charge is 2.25. The molecular formula is C18H27N3O4. The highest BCUT2D eigenvalue weighted by Crippen LogP contribution is 2.12. The molecule has 25 heavy (non-hydrogen) atoms. The van der Waals surface area contributed by atoms with E-state index in [1.807, 2.05) is 0 Å². The minimum atomic E-state index is -0.687. The number of ether oxygens (including phenoxy) is 1. The molecule has 0 fully saturated rings. The van der Waals surface area contributed by atoms with Crippen LogP contribution in [0.2, 0.25) is 0 Å². The van der Waals surface area contributed by atoms with Crippen molar-refractivity contribution in [2.45, 2.75) is 52.7 Å². The van der Waals surface area contributed by atoms with Crippen LogP contribution >= 0.6 is 0 Å². The van der Waals surface area contributed by atoms with Crippen molar-refractivity contribution in [2.24, 2.45) is 0 Å². The zero-order valence-corrected chi connectivity index (χ0v) is 15.6. The normalized spacial score (nSPS) is 11.4. The minimum Gasteiger partial charge on any atom is -0.444 e. The maximum absolute atomic E-state index is 12.3. The molecule has 0 bridgehead atoms. The summed E-state index contributed by atoms with van der Waals surface area (Å²) < 4.78 is 5.21. The van der Waals surface area contributed by atoms with Gasteiger partial charge in [0, 0.05) is 24.7 Å². The summed E-state index contributed by atoms with van der Waals surface area (Å²) in [5.41, 5.74) is -0.313. The SMILES string of the molecule is CC(=O)Nc1cccc(C(=O)NCC(C)(C)NC(=O)OC(C)(C)C)c1. The number of alkyl carbamates (subject to hydrolysis) is 1. The quantitative estimate of drug-likeness (QED) is 0.761. The second-order valence-electron chi connectivity index (χ2n) is 7.46. The number of amides is 3. The molecule has 1 rings (SSSR count). The van der Waals surface area contributed by atoms with E-state index >= 15 is 0 Å². The van der Waals surface area contributed by atoms with Gasteiger partial charge in [0.1, 0.15) is 5.60 Å². The number of rotatable bonds is 5. The lowest BCUT2D eigenvalue weighted by Gasteiger charge is -2.28. The first-order valence-electron chi connectivity index (χ1n) is 8.05. The van der Waals surface area contributed by atoms with E-state index in [4.69, 9.17) is 4.74 Å². The van der Waals surface area contributed by atoms with E-state index in [2.05, 4.69) is 16.0 Å². The molecule has 0 aliphatic carbocycles. The van der Waals surface area contributed by atoms with Crippen LogP contribution < -0.4 is 16.0 Å². The van der Waals surface area contributed by atoms with Gasteiger partial charge in [0.15, 0.2) is 0 Å². The fourth-order valence-electron chi connectivity index (χ4n) is 1.97. The number of hydrogen-bond donors (Lipinski definition) is 3. The van der Waals surface area contributed by atoms with Crippen molar-refractivity contribution in [2.75, 3.05) is 11.9 Å². The van der Waals surface area contributed by atoms with Crippen molar-refractivity contribution >= 4 is 23.6 Å². The molecular weight excluding hydrogens is 322 g/mol. The lowest BCUT2D eigenvalue weighted by molar-refractivity contribution is -0.114. The third-order valence-electron chi connectivity index (χ3n) is 2.98. The average molecular weight is 349 g/mol. The van der Waals surface area contributed by atoms with Crippen molar-refractivity contribution < 1.29 is 19.1 Å². The third-order valence-corrected chi connectivity index (χ3v) is 2.98. The second kappa shape index (κ2) is 8.00. The molecule has 138 valence electrons. The van der Waals surface area contributed by atoms with Crippen molar-refractivity contribution in [3.05, 3.63) is 29.8 Å². The molecule has 0 saturated heterocycles. The highest BCUT2D eigenvalue weighted by molar-refractivity contribution is 5.96. The number of carbonyl (C=O) groups excluding carboxylic acids is 3. The van der Waals surface area contributed by atoms with E-state index in [-0.39, 0.29) is 18.4 Å². The van der Waals surface area contributed by atoms with Crippen LogP contribution in [0.4, 0.5) is 10.5 Å². The Bertz CT molecular complexity index is 648. The van der Waals surface area contributed by atoms with Gasteiger partial charge in [-0.3, -0.25) is 9.59 Å². The summed E-state index contributed by atoms with van der Waals surface area (Å²) in [6.45, 7) is 10.5. The first-order chi connectivity index (χ1) is 11.4. The fourth-order valence-corrected chi connectivity index (χ4v) is 1.97. The fraction of sp³-hybridized carbons (Fsp3) is 0.500. The first-order valence-corrected chi connectivity index (χ1v) is 8.05. The number of anilines is 1. The molecule has 0 saturated carbocycles. The van der Waals surface area contributed by atoms with E-state index in [0.29, 0.717) is 11.3 Å². The molecule has 0 aliphatic rings. The van der Waals surface area contributed by atoms with Crippen LogP contribution in [0.1, 0.15) is 51.9 Å². The molecule has 0 heterocycles. The van der Waals surface area contributed by atoms with Gasteiger partial charge in [0.25, 0.3) is 5.91 Å². The van der Waals surface area contributed by atoms with Crippen LogP contribution in [0.25, 0.3) is 0 Å². The summed E-state index contributed by atoms with van der Waals surface area (Å²) in [5.74, 6) is -0.508. The van der Waals surface area contributed by atoms with E-state index in [1.165, 1.54) is 6.92 Å². The van der Waals surface area contributed by atoms with Gasteiger partial charge in [0.2, 0.25) is 5.91 Å². The number of nitrogens with one attached hydrogen (secondary N) is 3. The van der Waals surface area contributed by atoms with Gasteiger partial charge >= 0.3 is 6.09 Å². The van der Waals surface area contributed by atoms with Crippen LogP contribution in [0.15, 0.2) is 24.3 Å². The molecule has 0 aliphatic heterocycles. The first kappa shape index (κ1) is 20.5. The Labute approximate surface area is 148 Å². The molecule has 0 unspecified atom stereocenters. The predicted molar refractivity (Wildman–Crippen MR) is 96.5 cm³/mol. The minimum absolute atomic E-state index is 0.208. The largest absolute Gasteiger partial charge is 0.444 e. The van der Waals surface area contributed by atoms with E-state index in [0.717, 1.165) is 0 Å². The van der Waals surface area contributed by atoms with Gasteiger partial charge < -0.3 is 20.7 Å². The second-order valence-corrected chi connectivity index (χ2v) is 7.46. The maximum Gasteiger partial charge on any atom is 0.408 e. The zero-order chi connectivity index (χ0) is 19.3. The Morgan fingerprint density at radius 3 is 2.28 bits per heavy atom. The number of carbonyl (C=O) groups is 3. The van der Waals surface area contributed by atoms with E-state index in [9.17, 15) is 14.4 Å². The van der Waals surface area contributed by atoms with E-state index in [1.54, 1.807) is 58.9 Å². The van der Waals surface area contributed by atoms with Gasteiger partial charge in [-0.05, 0) is 52.8 Å². The Hall–Kier alpha value is -2.57. The van der Waals surface area contributed by atoms with Crippen molar-refractivity contribution in [3.8, 4) is 0 Å². The molecule has 3 amide bonds. The Morgan fingerprint density at radius 1 is 1.08 bits per heavy atom. The van der Waals surface area contributed by atoms with Gasteiger partial charge in [-0.1, -0.05) is 6.07 Å². The smallest absolute Gasteiger partial charge is 0.408 e. The number of hydrogen-bond acceptors (Lipinski definition) is 4. The topological polar surface area (TPSA) is 96.5 Å². The Morgan fingerprint density at radius 2 is 1.72 bits per heavy atom. The summed E-state index contributed by atoms with van der Waals surface area (Å²) in [4.78, 5) is 35.2. The van der Waals surface area contributed by atoms with Crippen molar-refractivity contribution in [3.63, 3.8) is 0 Å². The molecule has 1 aromatic rings.